The first-order valence-electron chi connectivity index (χ1n) is 9.61. The van der Waals surface area contributed by atoms with E-state index in [-0.39, 0.29) is 44.0 Å². The Labute approximate surface area is 202 Å². The summed E-state index contributed by atoms with van der Waals surface area (Å²) in [5, 5.41) is 10.1. The van der Waals surface area contributed by atoms with Crippen LogP contribution in [0.15, 0.2) is 0 Å². The third-order valence-corrected chi connectivity index (χ3v) is 10.7. The van der Waals surface area contributed by atoms with Crippen molar-refractivity contribution in [3.63, 3.8) is 0 Å². The maximum absolute atomic E-state index is 10.1. The number of rotatable bonds is 11. The molecule has 1 aromatic rings. The predicted molar refractivity (Wildman–Crippen MR) is 124 cm³/mol. The summed E-state index contributed by atoms with van der Waals surface area (Å²) < 4.78 is 13.7. The van der Waals surface area contributed by atoms with Crippen LogP contribution in [0.3, 0.4) is 0 Å². The van der Waals surface area contributed by atoms with Crippen LogP contribution in [0, 0.1) is 0 Å². The van der Waals surface area contributed by atoms with E-state index in [4.69, 9.17) is 50.9 Å². The molecule has 1 rings (SSSR count). The van der Waals surface area contributed by atoms with Crippen LogP contribution in [0.25, 0.3) is 0 Å². The van der Waals surface area contributed by atoms with Crippen LogP contribution in [-0.2, 0) is 0 Å². The van der Waals surface area contributed by atoms with Crippen LogP contribution in [-0.4, -0.2) is 58.4 Å². The van der Waals surface area contributed by atoms with Gasteiger partial charge in [0, 0.05) is 39.3 Å². The second-order valence-corrected chi connectivity index (χ2v) is 10.4. The molecule has 0 spiro atoms. The minimum atomic E-state index is -2.52. The van der Waals surface area contributed by atoms with Crippen molar-refractivity contribution in [2.45, 2.75) is 41.5 Å². The van der Waals surface area contributed by atoms with Crippen molar-refractivity contribution in [3.05, 3.63) is 20.1 Å². The fourth-order valence-electron chi connectivity index (χ4n) is 3.29. The molecular weight excluding hydrogens is 498 g/mol. The Morgan fingerprint density at radius 1 is 0.655 bits per heavy atom. The molecule has 0 aliphatic heterocycles. The largest absolute Gasteiger partial charge is 1.00 e. The highest BCUT2D eigenvalue weighted by molar-refractivity contribution is 7.64. The molecule has 0 bridgehead atoms. The maximum atomic E-state index is 10.1. The molecule has 11 heteroatoms. The molecule has 5 nitrogen and oxygen atoms in total. The zero-order valence-corrected chi connectivity index (χ0v) is 22.5. The molecule has 0 aliphatic carbocycles. The van der Waals surface area contributed by atoms with E-state index in [0.29, 0.717) is 0 Å². The van der Waals surface area contributed by atoms with E-state index in [2.05, 4.69) is 55.6 Å². The summed E-state index contributed by atoms with van der Waals surface area (Å²) in [6.07, 6.45) is 0. The fraction of sp³-hybridized carbons (Fsp3) is 0.667. The number of hydrogen-bond donors (Lipinski definition) is 1. The van der Waals surface area contributed by atoms with Gasteiger partial charge in [0.1, 0.15) is 20.1 Å². The first-order chi connectivity index (χ1) is 13.2. The van der Waals surface area contributed by atoms with Crippen molar-refractivity contribution < 1.29 is 22.0 Å². The molecule has 1 aromatic carbocycles. The fourth-order valence-corrected chi connectivity index (χ4v) is 8.36. The van der Waals surface area contributed by atoms with Gasteiger partial charge in [0.15, 0.2) is 5.75 Å². The van der Waals surface area contributed by atoms with Gasteiger partial charge in [0.05, 0.1) is 0 Å². The second kappa shape index (κ2) is 13.2. The first kappa shape index (κ1) is 29.6. The number of benzene rings is 1. The Balaban J connectivity index is 0.00000784. The first-order valence-corrected chi connectivity index (χ1v) is 12.7. The minimum Gasteiger partial charge on any atom is -1.00 e. The standard InChI is InChI=1S/C18H30Cl4N3O2P.ClH/c1-7-23(8-2)28(24(9-3)10-4,25(11-5)12-6)27-18-15(21)13(19)17(26)14(20)16(18)22;/h7-12H2,1-6H3;1H. The number of nitrogens with zero attached hydrogens (tertiary/aromatic N) is 3. The molecular formula is C18H31Cl5N3O2P. The summed E-state index contributed by atoms with van der Waals surface area (Å²) in [7, 11) is -2.52. The monoisotopic (exact) mass is 527 g/mol. The summed E-state index contributed by atoms with van der Waals surface area (Å²) in [6, 6.07) is 0. The van der Waals surface area contributed by atoms with Gasteiger partial charge in [-0.05, 0) is 41.5 Å². The Bertz CT molecular complexity index is 597. The molecule has 0 atom stereocenters. The predicted octanol–water partition coefficient (Wildman–Crippen LogP) is 4.09. The van der Waals surface area contributed by atoms with E-state index in [1.165, 1.54) is 0 Å². The molecule has 0 unspecified atom stereocenters. The van der Waals surface area contributed by atoms with Crippen molar-refractivity contribution in [1.29, 1.82) is 0 Å². The van der Waals surface area contributed by atoms with Crippen molar-refractivity contribution in [1.82, 2.24) is 14.0 Å². The normalized spacial score (nSPS) is 12.0. The quantitative estimate of drug-likeness (QED) is 0.345. The van der Waals surface area contributed by atoms with Crippen molar-refractivity contribution >= 4 is 54.3 Å². The highest BCUT2D eigenvalue weighted by Crippen LogP contribution is 2.69. The molecule has 0 fully saturated rings. The number of aromatic hydroxyl groups is 1. The van der Waals surface area contributed by atoms with E-state index in [1.807, 2.05) is 0 Å². The van der Waals surface area contributed by atoms with Crippen LogP contribution in [0.4, 0.5) is 0 Å². The lowest BCUT2D eigenvalue weighted by atomic mass is 10.3. The maximum Gasteiger partial charge on any atom is 0.417 e. The van der Waals surface area contributed by atoms with Gasteiger partial charge in [-0.2, -0.15) is 0 Å². The summed E-state index contributed by atoms with van der Waals surface area (Å²) in [5.74, 6) is -0.140. The van der Waals surface area contributed by atoms with Crippen LogP contribution in [0.2, 0.25) is 20.1 Å². The topological polar surface area (TPSA) is 39.2 Å². The number of hydrogen-bond acceptors (Lipinski definition) is 5. The van der Waals surface area contributed by atoms with Gasteiger partial charge in [0.2, 0.25) is 5.75 Å². The minimum absolute atomic E-state index is 0. The molecule has 0 saturated heterocycles. The number of phenols is 1. The number of halogens is 5. The van der Waals surface area contributed by atoms with Gasteiger partial charge >= 0.3 is 7.94 Å². The summed E-state index contributed by atoms with van der Waals surface area (Å²) in [4.78, 5) is 0. The molecule has 0 amide bonds. The molecule has 29 heavy (non-hydrogen) atoms. The van der Waals surface area contributed by atoms with Crippen LogP contribution >= 0.6 is 54.3 Å². The Kier molecular flexibility index (Phi) is 13.5. The highest BCUT2D eigenvalue weighted by atomic mass is 35.5. The van der Waals surface area contributed by atoms with E-state index >= 15 is 0 Å². The molecule has 1 N–H and O–H groups in total. The Morgan fingerprint density at radius 3 is 1.17 bits per heavy atom. The highest BCUT2D eigenvalue weighted by Gasteiger charge is 2.58. The third kappa shape index (κ3) is 5.69. The summed E-state index contributed by atoms with van der Waals surface area (Å²) in [5.41, 5.74) is 0. The van der Waals surface area contributed by atoms with Crippen LogP contribution in [0.1, 0.15) is 41.5 Å². The molecule has 0 aliphatic rings. The zero-order chi connectivity index (χ0) is 21.6. The smallest absolute Gasteiger partial charge is 0.417 e. The van der Waals surface area contributed by atoms with Crippen molar-refractivity contribution in [2.75, 3.05) is 39.3 Å². The lowest BCUT2D eigenvalue weighted by Crippen LogP contribution is -3.00. The average molecular weight is 530 g/mol. The lowest BCUT2D eigenvalue weighted by molar-refractivity contribution is -0.00000820. The summed E-state index contributed by atoms with van der Waals surface area (Å²) >= 11 is 25.3. The molecule has 170 valence electrons. The van der Waals surface area contributed by atoms with Gasteiger partial charge in [-0.15, -0.1) is 14.0 Å². The second-order valence-electron chi connectivity index (χ2n) is 5.95. The van der Waals surface area contributed by atoms with Crippen LogP contribution in [0.5, 0.6) is 11.5 Å². The van der Waals surface area contributed by atoms with Gasteiger partial charge in [0.25, 0.3) is 0 Å². The van der Waals surface area contributed by atoms with E-state index in [0.717, 1.165) is 39.3 Å². The van der Waals surface area contributed by atoms with Crippen LogP contribution < -0.4 is 16.9 Å². The van der Waals surface area contributed by atoms with E-state index in [9.17, 15) is 5.11 Å². The Morgan fingerprint density at radius 2 is 0.931 bits per heavy atom. The third-order valence-electron chi connectivity index (χ3n) is 4.71. The van der Waals surface area contributed by atoms with Gasteiger partial charge in [-0.1, -0.05) is 46.4 Å². The van der Waals surface area contributed by atoms with E-state index in [1.54, 1.807) is 0 Å². The summed E-state index contributed by atoms with van der Waals surface area (Å²) in [6.45, 7) is 17.3. The zero-order valence-electron chi connectivity index (χ0n) is 17.8. The van der Waals surface area contributed by atoms with Crippen molar-refractivity contribution in [3.8, 4) is 11.5 Å². The van der Waals surface area contributed by atoms with E-state index < -0.39 is 7.94 Å². The lowest BCUT2D eigenvalue weighted by Gasteiger charge is -2.43. The number of phenolic OH excluding ortho intramolecular Hbond substituents is 1. The SMILES string of the molecule is CCN(CC)[P+](Oc1c(Cl)c(Cl)c(O)c(Cl)c1Cl)(N(CC)CC)N(CC)CC.[Cl-]. The Hall–Kier alpha value is 0.580. The molecule has 0 radical (unpaired) electrons. The van der Waals surface area contributed by atoms with Gasteiger partial charge in [-0.3, -0.25) is 4.52 Å². The van der Waals surface area contributed by atoms with Gasteiger partial charge < -0.3 is 17.5 Å². The van der Waals surface area contributed by atoms with Crippen molar-refractivity contribution in [2.24, 2.45) is 0 Å². The average Bonchev–Trinajstić information content (AvgIpc) is 2.70. The molecule has 0 heterocycles. The molecule has 0 saturated carbocycles. The molecule has 0 aromatic heterocycles. The van der Waals surface area contributed by atoms with Gasteiger partial charge in [-0.25, -0.2) is 0 Å².